The van der Waals surface area contributed by atoms with E-state index in [0.29, 0.717) is 43.5 Å². The number of carbonyl (C=O) groups is 1. The van der Waals surface area contributed by atoms with Gasteiger partial charge in [0, 0.05) is 13.1 Å². The minimum Gasteiger partial charge on any atom is -0.481 e. The molecule has 1 saturated heterocycles. The van der Waals surface area contributed by atoms with Crippen LogP contribution in [0.2, 0.25) is 0 Å². The van der Waals surface area contributed by atoms with E-state index >= 15 is 0 Å². The summed E-state index contributed by atoms with van der Waals surface area (Å²) in [6.07, 6.45) is 1.16. The van der Waals surface area contributed by atoms with E-state index in [1.807, 2.05) is 26.0 Å². The van der Waals surface area contributed by atoms with Gasteiger partial charge in [-0.15, -0.1) is 0 Å². The minimum absolute atomic E-state index is 0.143. The number of aromatic nitrogens is 4. The van der Waals surface area contributed by atoms with Crippen LogP contribution in [-0.4, -0.2) is 55.1 Å². The van der Waals surface area contributed by atoms with E-state index < -0.39 is 17.2 Å². The average molecular weight is 397 g/mol. The van der Waals surface area contributed by atoms with E-state index in [1.54, 1.807) is 0 Å². The third-order valence-corrected chi connectivity index (χ3v) is 5.77. The Morgan fingerprint density at radius 1 is 1.10 bits per heavy atom. The van der Waals surface area contributed by atoms with Crippen molar-refractivity contribution in [2.24, 2.45) is 5.92 Å². The molecule has 0 bridgehead atoms. The van der Waals surface area contributed by atoms with Crippen LogP contribution in [0.4, 0.5) is 0 Å². The summed E-state index contributed by atoms with van der Waals surface area (Å²) >= 11 is 0. The molecule has 0 radical (unpaired) electrons. The van der Waals surface area contributed by atoms with Gasteiger partial charge in [-0.2, -0.15) is 0 Å². The molecule has 1 aliphatic heterocycles. The van der Waals surface area contributed by atoms with Crippen LogP contribution in [0, 0.1) is 19.8 Å². The second kappa shape index (κ2) is 7.40. The molecule has 0 saturated carbocycles. The highest BCUT2D eigenvalue weighted by Gasteiger charge is 2.24. The number of aryl methyl sites for hydroxylation is 2. The number of hydrogen-bond acceptors (Lipinski definition) is 6. The number of aliphatic carboxylic acids is 1. The smallest absolute Gasteiger partial charge is 0.330 e. The van der Waals surface area contributed by atoms with Gasteiger partial charge in [0.2, 0.25) is 0 Å². The first-order chi connectivity index (χ1) is 13.8. The van der Waals surface area contributed by atoms with Crippen molar-refractivity contribution < 1.29 is 9.90 Å². The van der Waals surface area contributed by atoms with Crippen LogP contribution in [0.15, 0.2) is 21.7 Å². The fourth-order valence-corrected chi connectivity index (χ4v) is 3.78. The Morgan fingerprint density at radius 2 is 1.72 bits per heavy atom. The lowest BCUT2D eigenvalue weighted by atomic mass is 9.97. The Morgan fingerprint density at radius 3 is 2.34 bits per heavy atom. The Kier molecular flexibility index (Phi) is 4.91. The van der Waals surface area contributed by atoms with E-state index in [4.69, 9.17) is 5.11 Å². The Bertz CT molecular complexity index is 1220. The zero-order chi connectivity index (χ0) is 20.7. The number of benzene rings is 1. The van der Waals surface area contributed by atoms with Gasteiger partial charge in [-0.3, -0.25) is 19.1 Å². The summed E-state index contributed by atoms with van der Waals surface area (Å²) in [4.78, 5) is 50.1. The highest BCUT2D eigenvalue weighted by molar-refractivity contribution is 5.84. The third-order valence-electron chi connectivity index (χ3n) is 5.77. The van der Waals surface area contributed by atoms with Crippen LogP contribution in [0.1, 0.15) is 24.0 Å². The number of carboxylic acid groups (broad SMARTS) is 1. The summed E-state index contributed by atoms with van der Waals surface area (Å²) in [5.41, 5.74) is 2.73. The summed E-state index contributed by atoms with van der Waals surface area (Å²) in [5, 5.41) is 9.09. The number of carboxylic acids is 1. The quantitative estimate of drug-likeness (QED) is 0.631. The monoisotopic (exact) mass is 397 g/mol. The molecule has 0 spiro atoms. The van der Waals surface area contributed by atoms with Gasteiger partial charge in [0.1, 0.15) is 0 Å². The summed E-state index contributed by atoms with van der Waals surface area (Å²) in [6.45, 7) is 5.94. The maximum atomic E-state index is 12.9. The second-order valence-electron chi connectivity index (χ2n) is 7.69. The van der Waals surface area contributed by atoms with Gasteiger partial charge in [0.05, 0.1) is 17.0 Å². The molecule has 0 atom stereocenters. The van der Waals surface area contributed by atoms with Gasteiger partial charge < -0.3 is 10.0 Å². The molecule has 2 aromatic heterocycles. The van der Waals surface area contributed by atoms with E-state index in [-0.39, 0.29) is 23.6 Å². The molecule has 9 nitrogen and oxygen atoms in total. The zero-order valence-electron chi connectivity index (χ0n) is 16.4. The first kappa shape index (κ1) is 19.3. The molecule has 1 aliphatic rings. The summed E-state index contributed by atoms with van der Waals surface area (Å²) < 4.78 is 1.15. The minimum atomic E-state index is -0.761. The van der Waals surface area contributed by atoms with Crippen molar-refractivity contribution in [2.75, 3.05) is 19.6 Å². The summed E-state index contributed by atoms with van der Waals surface area (Å²) in [5.74, 6) is -1.07. The van der Waals surface area contributed by atoms with Crippen molar-refractivity contribution in [2.45, 2.75) is 33.2 Å². The summed E-state index contributed by atoms with van der Waals surface area (Å²) in [6, 6.07) is 3.78. The van der Waals surface area contributed by atoms with Crippen LogP contribution in [0.3, 0.4) is 0 Å². The number of rotatable bonds is 4. The van der Waals surface area contributed by atoms with E-state index in [0.717, 1.165) is 15.7 Å². The zero-order valence-corrected chi connectivity index (χ0v) is 16.4. The maximum Gasteiger partial charge on any atom is 0.330 e. The van der Waals surface area contributed by atoms with Crippen molar-refractivity contribution >= 4 is 28.2 Å². The van der Waals surface area contributed by atoms with Crippen molar-refractivity contribution in [1.29, 1.82) is 0 Å². The maximum absolute atomic E-state index is 12.9. The molecule has 2 N–H and O–H groups in total. The fourth-order valence-electron chi connectivity index (χ4n) is 3.78. The van der Waals surface area contributed by atoms with Gasteiger partial charge in [-0.25, -0.2) is 14.8 Å². The molecular formula is C20H23N5O4. The molecule has 1 aromatic carbocycles. The van der Waals surface area contributed by atoms with E-state index in [2.05, 4.69) is 19.9 Å². The molecule has 9 heteroatoms. The summed E-state index contributed by atoms with van der Waals surface area (Å²) in [7, 11) is 0. The molecule has 0 amide bonds. The molecule has 3 heterocycles. The van der Waals surface area contributed by atoms with E-state index in [9.17, 15) is 14.4 Å². The SMILES string of the molecule is Cc1cc2nc3[nH]c(=O)n(CCN4CCC(C(=O)O)CC4)c(=O)c3nc2cc1C. The average Bonchev–Trinajstić information content (AvgIpc) is 2.68. The first-order valence-electron chi connectivity index (χ1n) is 9.70. The number of nitrogens with zero attached hydrogens (tertiary/aromatic N) is 4. The molecule has 3 aromatic rings. The van der Waals surface area contributed by atoms with Gasteiger partial charge in [-0.1, -0.05) is 0 Å². The van der Waals surface area contributed by atoms with Crippen molar-refractivity contribution in [3.8, 4) is 0 Å². The van der Waals surface area contributed by atoms with Crippen LogP contribution < -0.4 is 11.2 Å². The number of aromatic amines is 1. The lowest BCUT2D eigenvalue weighted by Crippen LogP contribution is -2.42. The predicted molar refractivity (Wildman–Crippen MR) is 108 cm³/mol. The van der Waals surface area contributed by atoms with Crippen molar-refractivity contribution in [3.63, 3.8) is 0 Å². The van der Waals surface area contributed by atoms with Crippen LogP contribution in [0.5, 0.6) is 0 Å². The Balaban J connectivity index is 1.62. The predicted octanol–water partition coefficient (Wildman–Crippen LogP) is 1.05. The molecule has 152 valence electrons. The van der Waals surface area contributed by atoms with Gasteiger partial charge >= 0.3 is 11.7 Å². The lowest BCUT2D eigenvalue weighted by molar-refractivity contribution is -0.143. The van der Waals surface area contributed by atoms with Gasteiger partial charge in [0.25, 0.3) is 5.56 Å². The Labute approximate surface area is 166 Å². The number of fused-ring (bicyclic) bond motifs is 2. The van der Waals surface area contributed by atoms with Crippen LogP contribution in [-0.2, 0) is 11.3 Å². The molecule has 4 rings (SSSR count). The van der Waals surface area contributed by atoms with Crippen LogP contribution >= 0.6 is 0 Å². The van der Waals surface area contributed by atoms with Crippen molar-refractivity contribution in [1.82, 2.24) is 24.4 Å². The number of piperidine rings is 1. The topological polar surface area (TPSA) is 121 Å². The molecule has 1 fully saturated rings. The first-order valence-corrected chi connectivity index (χ1v) is 9.70. The van der Waals surface area contributed by atoms with Crippen LogP contribution in [0.25, 0.3) is 22.2 Å². The third kappa shape index (κ3) is 3.65. The lowest BCUT2D eigenvalue weighted by Gasteiger charge is -2.29. The number of nitrogens with one attached hydrogen (secondary N) is 1. The number of likely N-dealkylation sites (tertiary alicyclic amines) is 1. The highest BCUT2D eigenvalue weighted by atomic mass is 16.4. The van der Waals surface area contributed by atoms with Gasteiger partial charge in [-0.05, 0) is 63.0 Å². The fraction of sp³-hybridized carbons (Fsp3) is 0.450. The largest absolute Gasteiger partial charge is 0.481 e. The Hall–Kier alpha value is -3.07. The van der Waals surface area contributed by atoms with Gasteiger partial charge in [0.15, 0.2) is 11.2 Å². The molecule has 0 aliphatic carbocycles. The normalized spacial score (nSPS) is 15.9. The standard InChI is InChI=1S/C20H23N5O4/c1-11-9-14-15(10-12(11)2)22-17-16(21-14)18(26)25(20(29)23-17)8-7-24-5-3-13(4-6-24)19(27)28/h9-10,13H,3-8H2,1-2H3,(H,27,28)(H,22,23,29). The number of hydrogen-bond donors (Lipinski definition) is 2. The molecular weight excluding hydrogens is 374 g/mol. The molecule has 29 heavy (non-hydrogen) atoms. The second-order valence-corrected chi connectivity index (χ2v) is 7.69. The van der Waals surface area contributed by atoms with Crippen molar-refractivity contribution in [3.05, 3.63) is 44.1 Å². The number of H-pyrrole nitrogens is 1. The molecule has 0 unspecified atom stereocenters. The highest BCUT2D eigenvalue weighted by Crippen LogP contribution is 2.18. The van der Waals surface area contributed by atoms with E-state index in [1.165, 1.54) is 0 Å².